The van der Waals surface area contributed by atoms with Crippen molar-refractivity contribution in [1.29, 1.82) is 0 Å². The average Bonchev–Trinajstić information content (AvgIpc) is 2.38. The number of carbonyl (C=O) groups is 1. The number of ether oxygens (including phenoxy) is 1. The lowest BCUT2D eigenvalue weighted by molar-refractivity contribution is 0.0600. The summed E-state index contributed by atoms with van der Waals surface area (Å²) in [5.74, 6) is -0.301. The summed E-state index contributed by atoms with van der Waals surface area (Å²) >= 11 is 0. The molecule has 1 aromatic carbocycles. The molecule has 0 unspecified atom stereocenters. The van der Waals surface area contributed by atoms with E-state index in [9.17, 15) is 4.79 Å². The Morgan fingerprint density at radius 2 is 1.83 bits per heavy atom. The summed E-state index contributed by atoms with van der Waals surface area (Å²) in [6.07, 6.45) is 0. The molecule has 0 amide bonds. The van der Waals surface area contributed by atoms with Gasteiger partial charge in [0.1, 0.15) is 0 Å². The van der Waals surface area contributed by atoms with Gasteiger partial charge in [-0.3, -0.25) is 0 Å². The molecule has 1 N–H and O–H groups in total. The second kappa shape index (κ2) is 6.52. The molecule has 4 nitrogen and oxygen atoms in total. The van der Waals surface area contributed by atoms with E-state index in [0.717, 1.165) is 0 Å². The highest BCUT2D eigenvalue weighted by molar-refractivity contribution is 5.89. The fourth-order valence-corrected chi connectivity index (χ4v) is 2.13. The number of nitrogens with one attached hydrogen (secondary N) is 1. The van der Waals surface area contributed by atoms with Crippen LogP contribution >= 0.6 is 0 Å². The van der Waals surface area contributed by atoms with E-state index < -0.39 is 0 Å². The van der Waals surface area contributed by atoms with Crippen LogP contribution < -0.4 is 5.32 Å². The average molecular weight is 250 g/mol. The van der Waals surface area contributed by atoms with Gasteiger partial charge < -0.3 is 15.0 Å². The molecule has 0 radical (unpaired) electrons. The van der Waals surface area contributed by atoms with E-state index >= 15 is 0 Å². The summed E-state index contributed by atoms with van der Waals surface area (Å²) in [6.45, 7) is 2.14. The van der Waals surface area contributed by atoms with Gasteiger partial charge in [-0.05, 0) is 45.8 Å². The molecule has 0 bridgehead atoms. The van der Waals surface area contributed by atoms with Crippen molar-refractivity contribution in [2.75, 3.05) is 28.3 Å². The van der Waals surface area contributed by atoms with Crippen molar-refractivity contribution in [1.82, 2.24) is 10.2 Å². The zero-order valence-corrected chi connectivity index (χ0v) is 11.7. The maximum absolute atomic E-state index is 11.4. The van der Waals surface area contributed by atoms with Crippen molar-refractivity contribution >= 4 is 5.97 Å². The van der Waals surface area contributed by atoms with Crippen LogP contribution in [0, 0.1) is 0 Å². The smallest absolute Gasteiger partial charge is 0.337 e. The summed E-state index contributed by atoms with van der Waals surface area (Å²) in [5, 5.41) is 3.26. The van der Waals surface area contributed by atoms with Crippen LogP contribution in [0.1, 0.15) is 28.9 Å². The van der Waals surface area contributed by atoms with Gasteiger partial charge in [0.2, 0.25) is 0 Å². The van der Waals surface area contributed by atoms with Crippen LogP contribution in [0.15, 0.2) is 24.3 Å². The minimum absolute atomic E-state index is 0.265. The van der Waals surface area contributed by atoms with Crippen molar-refractivity contribution in [3.05, 3.63) is 35.4 Å². The molecule has 0 saturated heterocycles. The fraction of sp³-hybridized carbons (Fsp3) is 0.500. The Labute approximate surface area is 109 Å². The summed E-state index contributed by atoms with van der Waals surface area (Å²) in [5.41, 5.74) is 1.75. The number of likely N-dealkylation sites (N-methyl/N-ethyl adjacent to an activating group) is 2. The molecule has 100 valence electrons. The number of nitrogens with zero attached hydrogens (tertiary/aromatic N) is 1. The Hall–Kier alpha value is -1.39. The number of methoxy groups -OCH3 is 1. The monoisotopic (exact) mass is 250 g/mol. The van der Waals surface area contributed by atoms with Gasteiger partial charge in [-0.1, -0.05) is 12.1 Å². The van der Waals surface area contributed by atoms with Gasteiger partial charge in [0, 0.05) is 12.1 Å². The molecule has 0 heterocycles. The van der Waals surface area contributed by atoms with Gasteiger partial charge in [0.05, 0.1) is 12.7 Å². The molecule has 0 spiro atoms. The van der Waals surface area contributed by atoms with Gasteiger partial charge in [0.25, 0.3) is 0 Å². The molecule has 1 rings (SSSR count). The second-order valence-electron chi connectivity index (χ2n) is 4.60. The lowest BCUT2D eigenvalue weighted by Gasteiger charge is -2.30. The number of rotatable bonds is 5. The Balaban J connectivity index is 2.97. The van der Waals surface area contributed by atoms with E-state index in [2.05, 4.69) is 17.1 Å². The highest BCUT2D eigenvalue weighted by atomic mass is 16.5. The first-order chi connectivity index (χ1) is 8.51. The van der Waals surface area contributed by atoms with Crippen LogP contribution in [-0.2, 0) is 4.74 Å². The molecule has 1 aromatic rings. The minimum Gasteiger partial charge on any atom is -0.465 e. The number of hydrogen-bond acceptors (Lipinski definition) is 4. The summed E-state index contributed by atoms with van der Waals surface area (Å²) in [6, 6.07) is 8.15. The topological polar surface area (TPSA) is 41.6 Å². The van der Waals surface area contributed by atoms with Crippen LogP contribution in [-0.4, -0.2) is 45.2 Å². The third-order valence-corrected chi connectivity index (χ3v) is 3.16. The largest absolute Gasteiger partial charge is 0.465 e. The van der Waals surface area contributed by atoms with Crippen molar-refractivity contribution in [2.45, 2.75) is 19.0 Å². The lowest BCUT2D eigenvalue weighted by atomic mass is 9.98. The first kappa shape index (κ1) is 14.7. The zero-order chi connectivity index (χ0) is 13.7. The van der Waals surface area contributed by atoms with Crippen LogP contribution in [0.2, 0.25) is 0 Å². The number of esters is 1. The van der Waals surface area contributed by atoms with Gasteiger partial charge >= 0.3 is 5.97 Å². The zero-order valence-electron chi connectivity index (χ0n) is 11.7. The molecule has 0 saturated carbocycles. The molecule has 4 heteroatoms. The first-order valence-corrected chi connectivity index (χ1v) is 6.03. The molecule has 0 aromatic heterocycles. The van der Waals surface area contributed by atoms with Crippen LogP contribution in [0.4, 0.5) is 0 Å². The van der Waals surface area contributed by atoms with Gasteiger partial charge in [0.15, 0.2) is 0 Å². The maximum atomic E-state index is 11.4. The van der Waals surface area contributed by atoms with E-state index in [-0.39, 0.29) is 12.0 Å². The molecule has 2 atom stereocenters. The van der Waals surface area contributed by atoms with Gasteiger partial charge in [-0.25, -0.2) is 4.79 Å². The normalized spacial score (nSPS) is 14.3. The number of benzene rings is 1. The van der Waals surface area contributed by atoms with Crippen molar-refractivity contribution in [2.24, 2.45) is 0 Å². The van der Waals surface area contributed by atoms with Crippen LogP contribution in [0.5, 0.6) is 0 Å². The highest BCUT2D eigenvalue weighted by Crippen LogP contribution is 2.22. The summed E-state index contributed by atoms with van der Waals surface area (Å²) in [4.78, 5) is 13.5. The SMILES string of the molecule is CN[C@@H](C)[C@H](c1ccc(C(=O)OC)cc1)N(C)C. The Kier molecular flexibility index (Phi) is 5.31. The molecule has 0 aliphatic heterocycles. The Morgan fingerprint density at radius 1 is 1.28 bits per heavy atom. The van der Waals surface area contributed by atoms with E-state index in [4.69, 9.17) is 4.74 Å². The van der Waals surface area contributed by atoms with E-state index in [1.54, 1.807) is 12.1 Å². The number of hydrogen-bond donors (Lipinski definition) is 1. The quantitative estimate of drug-likeness (QED) is 0.807. The Morgan fingerprint density at radius 3 is 2.22 bits per heavy atom. The second-order valence-corrected chi connectivity index (χ2v) is 4.60. The molecule has 0 aliphatic rings. The van der Waals surface area contributed by atoms with E-state index in [1.807, 2.05) is 33.3 Å². The van der Waals surface area contributed by atoms with Crippen molar-refractivity contribution < 1.29 is 9.53 Å². The van der Waals surface area contributed by atoms with Crippen LogP contribution in [0.3, 0.4) is 0 Å². The van der Waals surface area contributed by atoms with Crippen molar-refractivity contribution in [3.63, 3.8) is 0 Å². The molecule has 18 heavy (non-hydrogen) atoms. The molecular formula is C14H22N2O2. The van der Waals surface area contributed by atoms with Crippen LogP contribution in [0.25, 0.3) is 0 Å². The summed E-state index contributed by atoms with van der Waals surface area (Å²) < 4.78 is 4.69. The van der Waals surface area contributed by atoms with E-state index in [1.165, 1.54) is 12.7 Å². The summed E-state index contributed by atoms with van der Waals surface area (Å²) in [7, 11) is 7.44. The number of carbonyl (C=O) groups excluding carboxylic acids is 1. The van der Waals surface area contributed by atoms with Gasteiger partial charge in [-0.15, -0.1) is 0 Å². The van der Waals surface area contributed by atoms with Crippen molar-refractivity contribution in [3.8, 4) is 0 Å². The highest BCUT2D eigenvalue weighted by Gasteiger charge is 2.20. The first-order valence-electron chi connectivity index (χ1n) is 6.03. The standard InChI is InChI=1S/C14H22N2O2/c1-10(15-2)13(16(3)4)11-6-8-12(9-7-11)14(17)18-5/h6-10,13,15H,1-5H3/t10-,13+/m0/s1. The van der Waals surface area contributed by atoms with Gasteiger partial charge in [-0.2, -0.15) is 0 Å². The lowest BCUT2D eigenvalue weighted by Crippen LogP contribution is -2.37. The fourth-order valence-electron chi connectivity index (χ4n) is 2.13. The maximum Gasteiger partial charge on any atom is 0.337 e. The third kappa shape index (κ3) is 3.31. The molecular weight excluding hydrogens is 228 g/mol. The molecule has 0 aliphatic carbocycles. The third-order valence-electron chi connectivity index (χ3n) is 3.16. The Bertz CT molecular complexity index is 387. The van der Waals surface area contributed by atoms with E-state index in [0.29, 0.717) is 11.6 Å². The minimum atomic E-state index is -0.301. The predicted octanol–water partition coefficient (Wildman–Crippen LogP) is 1.68. The predicted molar refractivity (Wildman–Crippen MR) is 72.7 cm³/mol. The molecule has 0 fully saturated rings.